The van der Waals surface area contributed by atoms with Crippen molar-refractivity contribution in [1.82, 2.24) is 9.47 Å². The van der Waals surface area contributed by atoms with Crippen LogP contribution in [0.25, 0.3) is 10.9 Å². The number of fused-ring (bicyclic) bond motifs is 1. The molecule has 1 saturated heterocycles. The van der Waals surface area contributed by atoms with Crippen molar-refractivity contribution < 1.29 is 14.0 Å². The molecule has 0 radical (unpaired) electrons. The SMILES string of the molecule is CCn1cc(C(=O)Nc2ccc(C#N)c(Cl)c2)c(=O)c2cc(F)c(N3CCN(C(C)=O)CC3)cc21. The van der Waals surface area contributed by atoms with Crippen LogP contribution in [-0.2, 0) is 11.3 Å². The Morgan fingerprint density at radius 3 is 2.49 bits per heavy atom. The van der Waals surface area contributed by atoms with Gasteiger partial charge in [-0.2, -0.15) is 5.26 Å². The van der Waals surface area contributed by atoms with Gasteiger partial charge in [0.2, 0.25) is 11.3 Å². The average molecular weight is 496 g/mol. The second-order valence-corrected chi connectivity index (χ2v) is 8.64. The molecule has 8 nitrogen and oxygen atoms in total. The number of pyridine rings is 1. The zero-order valence-corrected chi connectivity index (χ0v) is 20.0. The van der Waals surface area contributed by atoms with E-state index in [2.05, 4.69) is 5.32 Å². The Hall–Kier alpha value is -3.90. The summed E-state index contributed by atoms with van der Waals surface area (Å²) >= 11 is 6.03. The molecule has 4 rings (SSSR count). The van der Waals surface area contributed by atoms with E-state index >= 15 is 4.39 Å². The van der Waals surface area contributed by atoms with Gasteiger partial charge in [0, 0.05) is 56.9 Å². The molecule has 0 spiro atoms. The van der Waals surface area contributed by atoms with E-state index in [0.29, 0.717) is 49.6 Å². The number of aryl methyl sites for hydroxylation is 1. The molecule has 10 heteroatoms. The summed E-state index contributed by atoms with van der Waals surface area (Å²) in [6.07, 6.45) is 1.46. The lowest BCUT2D eigenvalue weighted by Crippen LogP contribution is -2.48. The van der Waals surface area contributed by atoms with Crippen LogP contribution in [0.1, 0.15) is 29.8 Å². The van der Waals surface area contributed by atoms with Gasteiger partial charge in [-0.05, 0) is 37.3 Å². The largest absolute Gasteiger partial charge is 0.366 e. The van der Waals surface area contributed by atoms with E-state index in [1.807, 2.05) is 17.9 Å². The Bertz CT molecular complexity index is 1440. The van der Waals surface area contributed by atoms with Crippen molar-refractivity contribution in [3.05, 3.63) is 68.7 Å². The van der Waals surface area contributed by atoms with Gasteiger partial charge in [0.1, 0.15) is 17.4 Å². The molecule has 1 aromatic heterocycles. The number of piperazine rings is 1. The molecular weight excluding hydrogens is 473 g/mol. The minimum atomic E-state index is -0.662. The number of aromatic nitrogens is 1. The molecule has 35 heavy (non-hydrogen) atoms. The number of benzene rings is 2. The molecule has 180 valence electrons. The van der Waals surface area contributed by atoms with Crippen LogP contribution < -0.4 is 15.6 Å². The summed E-state index contributed by atoms with van der Waals surface area (Å²) in [6, 6.07) is 9.14. The van der Waals surface area contributed by atoms with E-state index in [1.54, 1.807) is 15.5 Å². The summed E-state index contributed by atoms with van der Waals surface area (Å²) in [5.74, 6) is -1.24. The molecule has 1 fully saturated rings. The number of anilines is 2. The highest BCUT2D eigenvalue weighted by Crippen LogP contribution is 2.27. The van der Waals surface area contributed by atoms with Crippen LogP contribution in [0.2, 0.25) is 5.02 Å². The van der Waals surface area contributed by atoms with Crippen molar-refractivity contribution in [1.29, 1.82) is 5.26 Å². The topological polar surface area (TPSA) is 98.4 Å². The third kappa shape index (κ3) is 4.70. The second-order valence-electron chi connectivity index (χ2n) is 8.23. The highest BCUT2D eigenvalue weighted by Gasteiger charge is 2.23. The first-order valence-corrected chi connectivity index (χ1v) is 11.5. The van der Waals surface area contributed by atoms with Gasteiger partial charge < -0.3 is 19.7 Å². The van der Waals surface area contributed by atoms with Gasteiger partial charge in [-0.1, -0.05) is 11.6 Å². The summed E-state index contributed by atoms with van der Waals surface area (Å²) < 4.78 is 16.9. The first-order chi connectivity index (χ1) is 16.7. The monoisotopic (exact) mass is 495 g/mol. The van der Waals surface area contributed by atoms with E-state index in [4.69, 9.17) is 16.9 Å². The summed E-state index contributed by atoms with van der Waals surface area (Å²) in [7, 11) is 0. The zero-order chi connectivity index (χ0) is 25.3. The normalized spacial score (nSPS) is 13.6. The number of hydrogen-bond acceptors (Lipinski definition) is 5. The molecule has 0 aliphatic carbocycles. The first-order valence-electron chi connectivity index (χ1n) is 11.1. The van der Waals surface area contributed by atoms with Crippen molar-refractivity contribution >= 4 is 45.7 Å². The van der Waals surface area contributed by atoms with Crippen molar-refractivity contribution in [2.24, 2.45) is 0 Å². The van der Waals surface area contributed by atoms with Crippen molar-refractivity contribution in [3.63, 3.8) is 0 Å². The van der Waals surface area contributed by atoms with Gasteiger partial charge in [-0.25, -0.2) is 4.39 Å². The Morgan fingerprint density at radius 2 is 1.89 bits per heavy atom. The number of nitrogens with zero attached hydrogens (tertiary/aromatic N) is 4. The third-order valence-corrected chi connectivity index (χ3v) is 6.46. The lowest BCUT2D eigenvalue weighted by atomic mass is 10.1. The lowest BCUT2D eigenvalue weighted by molar-refractivity contribution is -0.129. The van der Waals surface area contributed by atoms with Crippen LogP contribution in [0.15, 0.2) is 41.3 Å². The fourth-order valence-electron chi connectivity index (χ4n) is 4.21. The smallest absolute Gasteiger partial charge is 0.261 e. The standard InChI is InChI=1S/C25H23ClFN5O3/c1-3-30-14-19(25(35)29-17-5-4-16(13-28)20(26)10-17)24(34)18-11-21(27)23(12-22(18)30)32-8-6-31(7-9-32)15(2)33/h4-5,10-12,14H,3,6-9H2,1-2H3,(H,29,35). The quantitative estimate of drug-likeness (QED) is 0.596. The second kappa shape index (κ2) is 9.76. The number of halogens is 2. The molecular formula is C25H23ClFN5O3. The fourth-order valence-corrected chi connectivity index (χ4v) is 4.43. The van der Waals surface area contributed by atoms with Crippen LogP contribution in [0.3, 0.4) is 0 Å². The Morgan fingerprint density at radius 1 is 1.17 bits per heavy atom. The molecule has 2 amide bonds. The summed E-state index contributed by atoms with van der Waals surface area (Å²) in [6.45, 7) is 5.76. The Kier molecular flexibility index (Phi) is 6.76. The number of carbonyl (C=O) groups is 2. The van der Waals surface area contributed by atoms with E-state index in [-0.39, 0.29) is 27.4 Å². The highest BCUT2D eigenvalue weighted by atomic mass is 35.5. The number of hydrogen-bond donors (Lipinski definition) is 1. The molecule has 0 bridgehead atoms. The summed E-state index contributed by atoms with van der Waals surface area (Å²) in [5.41, 5.74) is 0.730. The molecule has 3 aromatic rings. The summed E-state index contributed by atoms with van der Waals surface area (Å²) in [4.78, 5) is 41.3. The number of rotatable bonds is 4. The van der Waals surface area contributed by atoms with Crippen molar-refractivity contribution in [3.8, 4) is 6.07 Å². The van der Waals surface area contributed by atoms with Crippen LogP contribution in [0.4, 0.5) is 15.8 Å². The Labute approximate surface area is 206 Å². The molecule has 0 atom stereocenters. The maximum absolute atomic E-state index is 15.2. The highest BCUT2D eigenvalue weighted by molar-refractivity contribution is 6.32. The number of nitriles is 1. The lowest BCUT2D eigenvalue weighted by Gasteiger charge is -2.36. The molecule has 2 heterocycles. The van der Waals surface area contributed by atoms with Crippen molar-refractivity contribution in [2.45, 2.75) is 20.4 Å². The maximum Gasteiger partial charge on any atom is 0.261 e. The fraction of sp³-hybridized carbons (Fsp3) is 0.280. The summed E-state index contributed by atoms with van der Waals surface area (Å²) in [5, 5.41) is 11.9. The maximum atomic E-state index is 15.2. The third-order valence-electron chi connectivity index (χ3n) is 6.15. The van der Waals surface area contributed by atoms with E-state index in [9.17, 15) is 14.4 Å². The molecule has 2 aromatic carbocycles. The minimum Gasteiger partial charge on any atom is -0.366 e. The van der Waals surface area contributed by atoms with Gasteiger partial charge in [0.15, 0.2) is 0 Å². The molecule has 0 saturated carbocycles. The van der Waals surface area contributed by atoms with Crippen molar-refractivity contribution in [2.75, 3.05) is 36.4 Å². The van der Waals surface area contributed by atoms with Gasteiger partial charge in [0.05, 0.1) is 21.8 Å². The molecule has 1 aliphatic rings. The van der Waals surface area contributed by atoms with Crippen LogP contribution >= 0.6 is 11.6 Å². The first kappa shape index (κ1) is 24.2. The molecule has 0 unspecified atom stereocenters. The van der Waals surface area contributed by atoms with Gasteiger partial charge >= 0.3 is 0 Å². The zero-order valence-electron chi connectivity index (χ0n) is 19.3. The number of amides is 2. The number of nitrogens with one attached hydrogen (secondary N) is 1. The average Bonchev–Trinajstić information content (AvgIpc) is 2.84. The van der Waals surface area contributed by atoms with E-state index in [0.717, 1.165) is 0 Å². The predicted molar refractivity (Wildman–Crippen MR) is 132 cm³/mol. The van der Waals surface area contributed by atoms with Crippen LogP contribution in [0.5, 0.6) is 0 Å². The van der Waals surface area contributed by atoms with Gasteiger partial charge in [-0.3, -0.25) is 14.4 Å². The van der Waals surface area contributed by atoms with Crippen LogP contribution in [-0.4, -0.2) is 47.5 Å². The molecule has 1 N–H and O–H groups in total. The Balaban J connectivity index is 1.69. The van der Waals surface area contributed by atoms with Gasteiger partial charge in [-0.15, -0.1) is 0 Å². The molecule has 1 aliphatic heterocycles. The number of carbonyl (C=O) groups excluding carboxylic acids is 2. The predicted octanol–water partition coefficient (Wildman–Crippen LogP) is 3.61. The van der Waals surface area contributed by atoms with E-state index in [1.165, 1.54) is 37.4 Å². The van der Waals surface area contributed by atoms with E-state index < -0.39 is 17.2 Å². The minimum absolute atomic E-state index is 0.0162. The van der Waals surface area contributed by atoms with Gasteiger partial charge in [0.25, 0.3) is 5.91 Å². The van der Waals surface area contributed by atoms with Crippen LogP contribution in [0, 0.1) is 17.1 Å².